The summed E-state index contributed by atoms with van der Waals surface area (Å²) in [5.41, 5.74) is -0.866. The molecule has 2 rings (SSSR count). The lowest BCUT2D eigenvalue weighted by molar-refractivity contribution is -0.138. The van der Waals surface area contributed by atoms with Crippen LogP contribution in [0.4, 0.5) is 13.2 Å². The van der Waals surface area contributed by atoms with Gasteiger partial charge in [-0.2, -0.15) is 13.2 Å². The van der Waals surface area contributed by atoms with Crippen LogP contribution in [0, 0.1) is 0 Å². The van der Waals surface area contributed by atoms with Gasteiger partial charge in [-0.05, 0) is 25.1 Å². The second-order valence-corrected chi connectivity index (χ2v) is 5.42. The minimum atomic E-state index is -4.46. The van der Waals surface area contributed by atoms with Gasteiger partial charge >= 0.3 is 6.18 Å². The molecule has 1 heterocycles. The number of ether oxygens (including phenoxy) is 2. The summed E-state index contributed by atoms with van der Waals surface area (Å²) in [6.45, 7) is 1.59. The van der Waals surface area contributed by atoms with Crippen molar-refractivity contribution in [2.24, 2.45) is 0 Å². The van der Waals surface area contributed by atoms with E-state index in [1.807, 2.05) is 0 Å². The standard InChI is InChI=1S/C17H17F3N2O3/c1-11(16(23)22(2)3)24-13-6-4-5-7-14(13)25-15-9-8-12(10-21-15)17(18,19)20/h4-11H,1-3H3. The number of hydrogen-bond donors (Lipinski definition) is 0. The lowest BCUT2D eigenvalue weighted by Gasteiger charge is -2.19. The fraction of sp³-hybridized carbons (Fsp3) is 0.294. The molecule has 8 heteroatoms. The number of alkyl halides is 3. The predicted molar refractivity (Wildman–Crippen MR) is 84.5 cm³/mol. The SMILES string of the molecule is CC(Oc1ccccc1Oc1ccc(C(F)(F)F)cn1)C(=O)N(C)C. The molecular formula is C17H17F3N2O3. The molecule has 0 bridgehead atoms. The Morgan fingerprint density at radius 3 is 2.28 bits per heavy atom. The van der Waals surface area contributed by atoms with Crippen LogP contribution < -0.4 is 9.47 Å². The number of aromatic nitrogens is 1. The van der Waals surface area contributed by atoms with Gasteiger partial charge in [-0.25, -0.2) is 4.98 Å². The van der Waals surface area contributed by atoms with E-state index in [0.29, 0.717) is 6.20 Å². The number of para-hydroxylation sites is 2. The molecule has 0 aliphatic heterocycles. The Bertz CT molecular complexity index is 731. The summed E-state index contributed by atoms with van der Waals surface area (Å²) in [6, 6.07) is 8.53. The number of pyridine rings is 1. The summed E-state index contributed by atoms with van der Waals surface area (Å²) in [7, 11) is 3.22. The molecule has 0 saturated carbocycles. The van der Waals surface area contributed by atoms with Gasteiger partial charge in [0.15, 0.2) is 17.6 Å². The summed E-state index contributed by atoms with van der Waals surface area (Å²) >= 11 is 0. The minimum Gasteiger partial charge on any atom is -0.477 e. The van der Waals surface area contributed by atoms with Gasteiger partial charge in [-0.15, -0.1) is 0 Å². The zero-order valence-corrected chi connectivity index (χ0v) is 13.9. The molecule has 0 fully saturated rings. The zero-order valence-electron chi connectivity index (χ0n) is 13.9. The van der Waals surface area contributed by atoms with E-state index in [-0.39, 0.29) is 23.3 Å². The van der Waals surface area contributed by atoms with E-state index in [2.05, 4.69) is 4.98 Å². The highest BCUT2D eigenvalue weighted by Gasteiger charge is 2.30. The summed E-state index contributed by atoms with van der Waals surface area (Å²) in [5.74, 6) is 0.276. The molecule has 134 valence electrons. The van der Waals surface area contributed by atoms with Crippen LogP contribution in [-0.2, 0) is 11.0 Å². The van der Waals surface area contributed by atoms with E-state index in [9.17, 15) is 18.0 Å². The minimum absolute atomic E-state index is 0.0179. The summed E-state index contributed by atoms with van der Waals surface area (Å²) < 4.78 is 48.8. The van der Waals surface area contributed by atoms with Gasteiger partial charge in [-0.3, -0.25) is 4.79 Å². The molecule has 1 aromatic carbocycles. The second-order valence-electron chi connectivity index (χ2n) is 5.42. The maximum atomic E-state index is 12.6. The average molecular weight is 354 g/mol. The van der Waals surface area contributed by atoms with Crippen LogP contribution in [-0.4, -0.2) is 36.0 Å². The molecule has 0 aliphatic carbocycles. The Hall–Kier alpha value is -2.77. The van der Waals surface area contributed by atoms with Crippen molar-refractivity contribution in [2.75, 3.05) is 14.1 Å². The molecule has 0 N–H and O–H groups in total. The number of likely N-dealkylation sites (N-methyl/N-ethyl adjacent to an activating group) is 1. The van der Waals surface area contributed by atoms with Crippen LogP contribution in [0.2, 0.25) is 0 Å². The van der Waals surface area contributed by atoms with E-state index in [1.165, 1.54) is 4.90 Å². The van der Waals surface area contributed by atoms with E-state index < -0.39 is 17.8 Å². The lowest BCUT2D eigenvalue weighted by Crippen LogP contribution is -2.35. The molecule has 0 saturated heterocycles. The molecule has 0 aliphatic rings. The third-order valence-corrected chi connectivity index (χ3v) is 3.22. The number of carbonyl (C=O) groups excluding carboxylic acids is 1. The topological polar surface area (TPSA) is 51.7 Å². The highest BCUT2D eigenvalue weighted by atomic mass is 19.4. The molecule has 1 amide bonds. The third kappa shape index (κ3) is 4.85. The largest absolute Gasteiger partial charge is 0.477 e. The molecule has 0 spiro atoms. The number of nitrogens with zero attached hydrogens (tertiary/aromatic N) is 2. The molecule has 1 atom stereocenters. The zero-order chi connectivity index (χ0) is 18.6. The Labute approximate surface area is 143 Å². The van der Waals surface area contributed by atoms with Crippen molar-refractivity contribution in [3.8, 4) is 17.4 Å². The van der Waals surface area contributed by atoms with Gasteiger partial charge in [0.25, 0.3) is 5.91 Å². The monoisotopic (exact) mass is 354 g/mol. The quantitative estimate of drug-likeness (QED) is 0.821. The van der Waals surface area contributed by atoms with Gasteiger partial charge in [0, 0.05) is 26.4 Å². The van der Waals surface area contributed by atoms with E-state index in [1.54, 1.807) is 45.3 Å². The van der Waals surface area contributed by atoms with Crippen molar-refractivity contribution in [3.63, 3.8) is 0 Å². The maximum Gasteiger partial charge on any atom is 0.417 e. The Balaban J connectivity index is 2.17. The number of hydrogen-bond acceptors (Lipinski definition) is 4. The van der Waals surface area contributed by atoms with Crippen molar-refractivity contribution in [2.45, 2.75) is 19.2 Å². The van der Waals surface area contributed by atoms with Crippen molar-refractivity contribution >= 4 is 5.91 Å². The highest BCUT2D eigenvalue weighted by Crippen LogP contribution is 2.33. The first-order valence-corrected chi connectivity index (χ1v) is 7.36. The number of benzene rings is 1. The first-order chi connectivity index (χ1) is 11.7. The van der Waals surface area contributed by atoms with Crippen molar-refractivity contribution in [3.05, 3.63) is 48.2 Å². The molecule has 1 aromatic heterocycles. The van der Waals surface area contributed by atoms with Crippen LogP contribution in [0.1, 0.15) is 12.5 Å². The van der Waals surface area contributed by atoms with Crippen LogP contribution in [0.15, 0.2) is 42.6 Å². The van der Waals surface area contributed by atoms with Gasteiger partial charge in [-0.1, -0.05) is 12.1 Å². The molecule has 5 nitrogen and oxygen atoms in total. The van der Waals surface area contributed by atoms with E-state index in [0.717, 1.165) is 12.1 Å². The summed E-state index contributed by atoms with van der Waals surface area (Å²) in [4.78, 5) is 16.9. The molecule has 2 aromatic rings. The van der Waals surface area contributed by atoms with Crippen molar-refractivity contribution < 1.29 is 27.4 Å². The van der Waals surface area contributed by atoms with Gasteiger partial charge in [0.2, 0.25) is 5.88 Å². The van der Waals surface area contributed by atoms with Gasteiger partial charge in [0.05, 0.1) is 5.56 Å². The Morgan fingerprint density at radius 2 is 1.76 bits per heavy atom. The third-order valence-electron chi connectivity index (χ3n) is 3.22. The van der Waals surface area contributed by atoms with Gasteiger partial charge in [0.1, 0.15) is 0 Å². The normalized spacial score (nSPS) is 12.4. The Kier molecular flexibility index (Phi) is 5.51. The number of halogens is 3. The first kappa shape index (κ1) is 18.6. The molecular weight excluding hydrogens is 337 g/mol. The fourth-order valence-electron chi connectivity index (χ4n) is 1.96. The van der Waals surface area contributed by atoms with E-state index >= 15 is 0 Å². The summed E-state index contributed by atoms with van der Waals surface area (Å²) in [6.07, 6.45) is -4.52. The van der Waals surface area contributed by atoms with Crippen LogP contribution in [0.3, 0.4) is 0 Å². The van der Waals surface area contributed by atoms with Crippen LogP contribution in [0.5, 0.6) is 17.4 Å². The van der Waals surface area contributed by atoms with E-state index in [4.69, 9.17) is 9.47 Å². The molecule has 0 radical (unpaired) electrons. The van der Waals surface area contributed by atoms with Crippen LogP contribution in [0.25, 0.3) is 0 Å². The lowest BCUT2D eigenvalue weighted by atomic mass is 10.3. The maximum absolute atomic E-state index is 12.6. The molecule has 1 unspecified atom stereocenters. The van der Waals surface area contributed by atoms with Gasteiger partial charge < -0.3 is 14.4 Å². The first-order valence-electron chi connectivity index (χ1n) is 7.36. The average Bonchev–Trinajstić information content (AvgIpc) is 2.55. The Morgan fingerprint density at radius 1 is 1.12 bits per heavy atom. The number of amides is 1. The molecule has 25 heavy (non-hydrogen) atoms. The predicted octanol–water partition coefficient (Wildman–Crippen LogP) is 3.75. The van der Waals surface area contributed by atoms with Crippen molar-refractivity contribution in [1.82, 2.24) is 9.88 Å². The smallest absolute Gasteiger partial charge is 0.417 e. The second kappa shape index (κ2) is 7.42. The van der Waals surface area contributed by atoms with Crippen molar-refractivity contribution in [1.29, 1.82) is 0 Å². The number of rotatable bonds is 5. The highest BCUT2D eigenvalue weighted by molar-refractivity contribution is 5.80. The summed E-state index contributed by atoms with van der Waals surface area (Å²) in [5, 5.41) is 0. The van der Waals surface area contributed by atoms with Crippen LogP contribution >= 0.6 is 0 Å². The number of carbonyl (C=O) groups is 1. The fourth-order valence-corrected chi connectivity index (χ4v) is 1.96.